The molecule has 2 nitrogen and oxygen atoms in total. The molecule has 0 radical (unpaired) electrons. The lowest BCUT2D eigenvalue weighted by Gasteiger charge is -2.61. The van der Waals surface area contributed by atoms with E-state index < -0.39 is 0 Å². The number of carbonyl (C=O) groups excluding carboxylic acids is 1. The molecule has 0 aromatic rings. The van der Waals surface area contributed by atoms with Crippen molar-refractivity contribution in [1.29, 1.82) is 0 Å². The standard InChI is InChI=1S/C31H54O2/c1-8-23(20(2)3)10-9-21(4)27-13-14-28-26-12-11-24-19-25(33-22(5)32)15-17-30(24,6)29(26)16-18-31(27,28)7/h20-21,23-29H,8-19H2,1-7H3/t21-,23-,24?,25?,26+,27-,28+,29+,30+,31-/m1/s1. The Kier molecular flexibility index (Phi) is 7.63. The maximum Gasteiger partial charge on any atom is 0.302 e. The van der Waals surface area contributed by atoms with Crippen molar-refractivity contribution >= 4 is 5.97 Å². The van der Waals surface area contributed by atoms with Crippen molar-refractivity contribution in [2.24, 2.45) is 58.2 Å². The molecule has 0 bridgehead atoms. The van der Waals surface area contributed by atoms with Gasteiger partial charge in [0.1, 0.15) is 6.10 Å². The van der Waals surface area contributed by atoms with E-state index in [0.29, 0.717) is 10.8 Å². The molecule has 33 heavy (non-hydrogen) atoms. The van der Waals surface area contributed by atoms with E-state index in [0.717, 1.165) is 60.2 Å². The quantitative estimate of drug-likeness (QED) is 0.357. The Bertz CT molecular complexity index is 684. The van der Waals surface area contributed by atoms with E-state index >= 15 is 0 Å². The fraction of sp³-hybridized carbons (Fsp3) is 0.968. The maximum atomic E-state index is 11.5. The zero-order chi connectivity index (χ0) is 24.0. The minimum Gasteiger partial charge on any atom is -0.463 e. The number of fused-ring (bicyclic) bond motifs is 5. The van der Waals surface area contributed by atoms with Gasteiger partial charge < -0.3 is 4.74 Å². The monoisotopic (exact) mass is 458 g/mol. The average molecular weight is 459 g/mol. The summed E-state index contributed by atoms with van der Waals surface area (Å²) < 4.78 is 5.67. The molecule has 4 aliphatic carbocycles. The summed E-state index contributed by atoms with van der Waals surface area (Å²) in [6.07, 6.45) is 16.6. The van der Waals surface area contributed by atoms with E-state index in [1.165, 1.54) is 64.2 Å². The predicted molar refractivity (Wildman–Crippen MR) is 138 cm³/mol. The fourth-order valence-electron chi connectivity index (χ4n) is 10.2. The van der Waals surface area contributed by atoms with Gasteiger partial charge in [-0.15, -0.1) is 0 Å². The second kappa shape index (κ2) is 9.85. The smallest absolute Gasteiger partial charge is 0.302 e. The van der Waals surface area contributed by atoms with Gasteiger partial charge in [0, 0.05) is 6.92 Å². The number of carbonyl (C=O) groups is 1. The summed E-state index contributed by atoms with van der Waals surface area (Å²) in [5, 5.41) is 0. The molecular weight excluding hydrogens is 404 g/mol. The lowest BCUT2D eigenvalue weighted by molar-refractivity contribution is -0.160. The van der Waals surface area contributed by atoms with Crippen molar-refractivity contribution in [3.8, 4) is 0 Å². The Morgan fingerprint density at radius 3 is 2.27 bits per heavy atom. The number of rotatable bonds is 7. The number of hydrogen-bond donors (Lipinski definition) is 0. The molecule has 0 N–H and O–H groups in total. The minimum atomic E-state index is -0.0875. The van der Waals surface area contributed by atoms with E-state index in [4.69, 9.17) is 4.74 Å². The lowest BCUT2D eigenvalue weighted by Crippen LogP contribution is -2.54. The van der Waals surface area contributed by atoms with Crippen LogP contribution in [0.15, 0.2) is 0 Å². The Morgan fingerprint density at radius 2 is 1.61 bits per heavy atom. The summed E-state index contributed by atoms with van der Waals surface area (Å²) in [7, 11) is 0. The number of hydrogen-bond acceptors (Lipinski definition) is 2. The van der Waals surface area contributed by atoms with Crippen molar-refractivity contribution in [2.45, 2.75) is 132 Å². The summed E-state index contributed by atoms with van der Waals surface area (Å²) in [5.74, 6) is 7.06. The third-order valence-corrected chi connectivity index (χ3v) is 12.2. The fourth-order valence-corrected chi connectivity index (χ4v) is 10.2. The Balaban J connectivity index is 1.42. The highest BCUT2D eigenvalue weighted by Crippen LogP contribution is 2.68. The van der Waals surface area contributed by atoms with Crippen molar-refractivity contribution < 1.29 is 9.53 Å². The first-order chi connectivity index (χ1) is 15.6. The molecule has 0 aromatic carbocycles. The second-order valence-corrected chi connectivity index (χ2v) is 13.9. The topological polar surface area (TPSA) is 26.3 Å². The van der Waals surface area contributed by atoms with Gasteiger partial charge in [0.05, 0.1) is 0 Å². The van der Waals surface area contributed by atoms with E-state index in [1.54, 1.807) is 6.92 Å². The SMILES string of the molecule is CC[C@H](CC[C@@H](C)[C@H]1CC[C@H]2[C@@H]3CCC4CC(OC(C)=O)CC[C@]4(C)[C@H]3CC[C@]12C)C(C)C. The molecule has 10 atom stereocenters. The summed E-state index contributed by atoms with van der Waals surface area (Å²) >= 11 is 0. The van der Waals surface area contributed by atoms with Gasteiger partial charge in [-0.1, -0.05) is 54.4 Å². The normalized spacial score (nSPS) is 44.5. The summed E-state index contributed by atoms with van der Waals surface area (Å²) in [4.78, 5) is 11.5. The number of ether oxygens (including phenoxy) is 1. The van der Waals surface area contributed by atoms with Crippen LogP contribution in [0.2, 0.25) is 0 Å². The summed E-state index contributed by atoms with van der Waals surface area (Å²) in [6.45, 7) is 16.8. The Morgan fingerprint density at radius 1 is 0.909 bits per heavy atom. The predicted octanol–water partition coefficient (Wildman–Crippen LogP) is 8.68. The molecule has 2 unspecified atom stereocenters. The van der Waals surface area contributed by atoms with Crippen molar-refractivity contribution in [2.75, 3.05) is 0 Å². The van der Waals surface area contributed by atoms with E-state index in [1.807, 2.05) is 0 Å². The van der Waals surface area contributed by atoms with Gasteiger partial charge in [0.2, 0.25) is 0 Å². The number of esters is 1. The van der Waals surface area contributed by atoms with Crippen LogP contribution in [0.25, 0.3) is 0 Å². The zero-order valence-corrected chi connectivity index (χ0v) is 23.0. The molecule has 4 rings (SSSR count). The highest BCUT2D eigenvalue weighted by Gasteiger charge is 2.60. The van der Waals surface area contributed by atoms with Crippen LogP contribution in [0.4, 0.5) is 0 Å². The third-order valence-electron chi connectivity index (χ3n) is 12.2. The Labute approximate surface area is 205 Å². The van der Waals surface area contributed by atoms with Crippen LogP contribution in [0.5, 0.6) is 0 Å². The van der Waals surface area contributed by atoms with Crippen LogP contribution in [-0.2, 0) is 9.53 Å². The molecule has 0 aliphatic heterocycles. The first kappa shape index (κ1) is 25.6. The van der Waals surface area contributed by atoms with Gasteiger partial charge in [-0.3, -0.25) is 4.79 Å². The maximum absolute atomic E-state index is 11.5. The van der Waals surface area contributed by atoms with Crippen LogP contribution < -0.4 is 0 Å². The van der Waals surface area contributed by atoms with Crippen molar-refractivity contribution in [3.63, 3.8) is 0 Å². The van der Waals surface area contributed by atoms with Crippen LogP contribution in [0.1, 0.15) is 126 Å². The molecule has 190 valence electrons. The van der Waals surface area contributed by atoms with Crippen molar-refractivity contribution in [3.05, 3.63) is 0 Å². The van der Waals surface area contributed by atoms with Gasteiger partial charge in [0.15, 0.2) is 0 Å². The summed E-state index contributed by atoms with van der Waals surface area (Å²) in [5.41, 5.74) is 1.06. The van der Waals surface area contributed by atoms with E-state index in [9.17, 15) is 4.79 Å². The highest BCUT2D eigenvalue weighted by atomic mass is 16.5. The van der Waals surface area contributed by atoms with Crippen LogP contribution in [0, 0.1) is 58.2 Å². The first-order valence-electron chi connectivity index (χ1n) is 14.8. The van der Waals surface area contributed by atoms with Crippen molar-refractivity contribution in [1.82, 2.24) is 0 Å². The van der Waals surface area contributed by atoms with Crippen LogP contribution in [0.3, 0.4) is 0 Å². The average Bonchev–Trinajstić information content (AvgIpc) is 3.11. The molecule has 0 amide bonds. The van der Waals surface area contributed by atoms with Gasteiger partial charge in [-0.2, -0.15) is 0 Å². The molecule has 4 fully saturated rings. The largest absolute Gasteiger partial charge is 0.463 e. The van der Waals surface area contributed by atoms with Crippen LogP contribution in [-0.4, -0.2) is 12.1 Å². The molecule has 4 aliphatic rings. The molecule has 0 heterocycles. The molecule has 0 spiro atoms. The van der Waals surface area contributed by atoms with E-state index in [2.05, 4.69) is 41.5 Å². The van der Waals surface area contributed by atoms with E-state index in [-0.39, 0.29) is 12.1 Å². The second-order valence-electron chi connectivity index (χ2n) is 13.9. The summed E-state index contributed by atoms with van der Waals surface area (Å²) in [6, 6.07) is 0. The molecular formula is C31H54O2. The molecule has 0 aromatic heterocycles. The van der Waals surface area contributed by atoms with Gasteiger partial charge >= 0.3 is 5.97 Å². The first-order valence-corrected chi connectivity index (χ1v) is 14.8. The Hall–Kier alpha value is -0.530. The van der Waals surface area contributed by atoms with Gasteiger partial charge in [-0.05, 0) is 122 Å². The molecule has 4 saturated carbocycles. The van der Waals surface area contributed by atoms with Gasteiger partial charge in [-0.25, -0.2) is 0 Å². The lowest BCUT2D eigenvalue weighted by atomic mass is 9.44. The molecule has 2 heteroatoms. The van der Waals surface area contributed by atoms with Crippen LogP contribution >= 0.6 is 0 Å². The molecule has 0 saturated heterocycles. The zero-order valence-electron chi connectivity index (χ0n) is 23.0. The van der Waals surface area contributed by atoms with Gasteiger partial charge in [0.25, 0.3) is 0 Å². The third kappa shape index (κ3) is 4.67. The highest BCUT2D eigenvalue weighted by molar-refractivity contribution is 5.66. The minimum absolute atomic E-state index is 0.0875.